The van der Waals surface area contributed by atoms with E-state index in [9.17, 15) is 0 Å². The van der Waals surface area contributed by atoms with E-state index >= 15 is 0 Å². The van der Waals surface area contributed by atoms with Crippen LogP contribution in [0, 0.1) is 0 Å². The van der Waals surface area contributed by atoms with Crippen molar-refractivity contribution in [2.75, 3.05) is 37.5 Å². The molecule has 0 atom stereocenters. The van der Waals surface area contributed by atoms with Gasteiger partial charge in [-0.2, -0.15) is 35.3 Å². The molecule has 9 heavy (non-hydrogen) atoms. The van der Waals surface area contributed by atoms with Crippen LogP contribution in [0.15, 0.2) is 0 Å². The van der Waals surface area contributed by atoms with Gasteiger partial charge in [0.1, 0.15) is 0 Å². The van der Waals surface area contributed by atoms with Crippen molar-refractivity contribution in [3.63, 3.8) is 0 Å². The van der Waals surface area contributed by atoms with Gasteiger partial charge in [-0.1, -0.05) is 0 Å². The number of rotatable bonds is 0. The fourth-order valence-corrected chi connectivity index (χ4v) is 0. The first-order valence-corrected chi connectivity index (χ1v) is 7.35. The number of thioether (sulfide) groups is 3. The van der Waals surface area contributed by atoms with Crippen LogP contribution in [-0.2, 0) is 0 Å². The minimum atomic E-state index is 1.75. The molecule has 0 aliphatic rings. The Morgan fingerprint density at radius 2 is 0.444 bits per heavy atom. The fourth-order valence-electron chi connectivity index (χ4n) is 0. The van der Waals surface area contributed by atoms with Crippen molar-refractivity contribution < 1.29 is 0 Å². The molecular weight excluding hydrogens is 168 g/mol. The molecule has 0 spiro atoms. The molecule has 60 valence electrons. The maximum absolute atomic E-state index is 2.04. The highest BCUT2D eigenvalue weighted by atomic mass is 32.2. The van der Waals surface area contributed by atoms with Crippen LogP contribution in [0.25, 0.3) is 0 Å². The maximum Gasteiger partial charge on any atom is -0.0187 e. The second kappa shape index (κ2) is 35.8. The summed E-state index contributed by atoms with van der Waals surface area (Å²) in [5.41, 5.74) is 0. The highest BCUT2D eigenvalue weighted by Gasteiger charge is 1.33. The van der Waals surface area contributed by atoms with E-state index in [2.05, 4.69) is 0 Å². The minimum Gasteiger partial charge on any atom is -0.169 e. The summed E-state index contributed by atoms with van der Waals surface area (Å²) >= 11 is 5.25. The van der Waals surface area contributed by atoms with Crippen LogP contribution in [0.4, 0.5) is 0 Å². The molecule has 0 saturated heterocycles. The van der Waals surface area contributed by atoms with Crippen LogP contribution in [0.1, 0.15) is 0 Å². The molecule has 0 unspecified atom stereocenters. The van der Waals surface area contributed by atoms with E-state index in [4.69, 9.17) is 0 Å². The van der Waals surface area contributed by atoms with E-state index in [-0.39, 0.29) is 0 Å². The molecule has 0 aromatic rings. The predicted molar refractivity (Wildman–Crippen MR) is 58.3 cm³/mol. The Hall–Kier alpha value is 1.05. The zero-order chi connectivity index (χ0) is 8.12. The van der Waals surface area contributed by atoms with Gasteiger partial charge in [-0.15, -0.1) is 0 Å². The average Bonchev–Trinajstić information content (AvgIpc) is 1.70. The van der Waals surface area contributed by atoms with Gasteiger partial charge in [-0.25, -0.2) is 0 Å². The predicted octanol–water partition coefficient (Wildman–Crippen LogP) is 2.94. The van der Waals surface area contributed by atoms with Crippen LogP contribution in [0.3, 0.4) is 0 Å². The molecule has 0 rings (SSSR count). The molecule has 0 N–H and O–H groups in total. The molecule has 0 aliphatic heterocycles. The summed E-state index contributed by atoms with van der Waals surface area (Å²) in [5.74, 6) is 0. The van der Waals surface area contributed by atoms with Crippen LogP contribution in [0.2, 0.25) is 0 Å². The molecule has 0 radical (unpaired) electrons. The molecule has 0 aliphatic carbocycles. The van der Waals surface area contributed by atoms with E-state index in [1.54, 1.807) is 35.3 Å². The second-order valence-corrected chi connectivity index (χ2v) is 3.67. The SMILES string of the molecule is CSC.CSC.CSC. The summed E-state index contributed by atoms with van der Waals surface area (Å²) in [5, 5.41) is 0. The van der Waals surface area contributed by atoms with Gasteiger partial charge >= 0.3 is 0 Å². The summed E-state index contributed by atoms with van der Waals surface area (Å²) in [6.45, 7) is 0. The van der Waals surface area contributed by atoms with Gasteiger partial charge in [0, 0.05) is 0 Å². The molecule has 0 heterocycles. The number of hydrogen-bond donors (Lipinski definition) is 0. The molecule has 3 heteroatoms. The normalized spacial score (nSPS) is 6.00. The van der Waals surface area contributed by atoms with Crippen molar-refractivity contribution in [3.8, 4) is 0 Å². The van der Waals surface area contributed by atoms with Crippen LogP contribution in [-0.4, -0.2) is 37.5 Å². The topological polar surface area (TPSA) is 0 Å². The molecule has 0 nitrogen and oxygen atoms in total. The van der Waals surface area contributed by atoms with Gasteiger partial charge in [-0.3, -0.25) is 0 Å². The smallest absolute Gasteiger partial charge is 0.0187 e. The van der Waals surface area contributed by atoms with Crippen molar-refractivity contribution in [2.24, 2.45) is 0 Å². The Kier molecular flexibility index (Phi) is 65.8. The Bertz CT molecular complexity index is 13.0. The Labute approximate surface area is 72.9 Å². The van der Waals surface area contributed by atoms with Crippen molar-refractivity contribution in [2.45, 2.75) is 0 Å². The van der Waals surface area contributed by atoms with Crippen molar-refractivity contribution in [3.05, 3.63) is 0 Å². The van der Waals surface area contributed by atoms with Gasteiger partial charge in [0.25, 0.3) is 0 Å². The lowest BCUT2D eigenvalue weighted by molar-refractivity contribution is 2.37. The third-order valence-corrected chi connectivity index (χ3v) is 0. The second-order valence-electron chi connectivity index (χ2n) is 1.22. The Morgan fingerprint density at radius 3 is 0.444 bits per heavy atom. The quantitative estimate of drug-likeness (QED) is 0.571. The summed E-state index contributed by atoms with van der Waals surface area (Å²) in [6.07, 6.45) is 12.2. The van der Waals surface area contributed by atoms with Gasteiger partial charge < -0.3 is 0 Å². The van der Waals surface area contributed by atoms with E-state index in [0.29, 0.717) is 0 Å². The van der Waals surface area contributed by atoms with E-state index in [1.165, 1.54) is 0 Å². The largest absolute Gasteiger partial charge is 0.169 e. The molecule has 0 aromatic heterocycles. The highest BCUT2D eigenvalue weighted by molar-refractivity contribution is 7.98. The van der Waals surface area contributed by atoms with Gasteiger partial charge in [0.15, 0.2) is 0 Å². The van der Waals surface area contributed by atoms with E-state index in [1.807, 2.05) is 37.5 Å². The first kappa shape index (κ1) is 16.6. The van der Waals surface area contributed by atoms with E-state index in [0.717, 1.165) is 0 Å². The monoisotopic (exact) mass is 186 g/mol. The summed E-state index contributed by atoms with van der Waals surface area (Å²) in [4.78, 5) is 0. The minimum absolute atomic E-state index is 1.75. The lowest BCUT2D eigenvalue weighted by Gasteiger charge is -1.51. The van der Waals surface area contributed by atoms with Crippen molar-refractivity contribution in [1.29, 1.82) is 0 Å². The zero-order valence-electron chi connectivity index (χ0n) is 7.22. The van der Waals surface area contributed by atoms with Gasteiger partial charge in [0.2, 0.25) is 0 Å². The first-order valence-electron chi connectivity index (χ1n) is 2.45. The summed E-state index contributed by atoms with van der Waals surface area (Å²) < 4.78 is 0. The van der Waals surface area contributed by atoms with Crippen LogP contribution >= 0.6 is 35.3 Å². The average molecular weight is 186 g/mol. The molecule has 0 aromatic carbocycles. The molecule has 0 fully saturated rings. The van der Waals surface area contributed by atoms with Crippen molar-refractivity contribution >= 4 is 35.3 Å². The first-order chi connectivity index (χ1) is 4.24. The molecule has 0 saturated carbocycles. The molecule has 0 amide bonds. The lowest BCUT2D eigenvalue weighted by Crippen LogP contribution is -1.25. The molecular formula is C6H18S3. The van der Waals surface area contributed by atoms with Gasteiger partial charge in [-0.05, 0) is 37.5 Å². The fraction of sp³-hybridized carbons (Fsp3) is 1.00. The summed E-state index contributed by atoms with van der Waals surface area (Å²) in [7, 11) is 0. The zero-order valence-corrected chi connectivity index (χ0v) is 9.67. The standard InChI is InChI=1S/3C2H6S/c3*1-3-2/h3*1-2H3. The van der Waals surface area contributed by atoms with Crippen LogP contribution in [0.5, 0.6) is 0 Å². The summed E-state index contributed by atoms with van der Waals surface area (Å²) in [6, 6.07) is 0. The van der Waals surface area contributed by atoms with Crippen LogP contribution < -0.4 is 0 Å². The third kappa shape index (κ3) is 408. The maximum atomic E-state index is 2.04. The Morgan fingerprint density at radius 1 is 0.444 bits per heavy atom. The number of hydrogen-bond acceptors (Lipinski definition) is 3. The van der Waals surface area contributed by atoms with E-state index < -0.39 is 0 Å². The Balaban J connectivity index is -0.0000000600. The van der Waals surface area contributed by atoms with Gasteiger partial charge in [0.05, 0.1) is 0 Å². The highest BCUT2D eigenvalue weighted by Crippen LogP contribution is 1.71. The lowest BCUT2D eigenvalue weighted by atomic mass is 11.9. The molecule has 0 bridgehead atoms. The van der Waals surface area contributed by atoms with Crippen molar-refractivity contribution in [1.82, 2.24) is 0 Å². The third-order valence-electron chi connectivity index (χ3n) is 0.